The number of carbonyl (C=O) groups is 1. The van der Waals surface area contributed by atoms with Gasteiger partial charge in [0, 0.05) is 24.8 Å². The Morgan fingerprint density at radius 3 is 2.23 bits per heavy atom. The van der Waals surface area contributed by atoms with Crippen LogP contribution in [0.3, 0.4) is 0 Å². The summed E-state index contributed by atoms with van der Waals surface area (Å²) in [4.78, 5) is 14.4. The Bertz CT molecular complexity index is 906. The molecule has 1 saturated heterocycles. The first-order valence-corrected chi connectivity index (χ1v) is 12.1. The predicted octanol–water partition coefficient (Wildman–Crippen LogP) is 4.39. The number of likely N-dealkylation sites (tertiary alicyclic amines) is 1. The highest BCUT2D eigenvalue weighted by atomic mass is 32.2. The van der Waals surface area contributed by atoms with Gasteiger partial charge in [-0.2, -0.15) is 0 Å². The van der Waals surface area contributed by atoms with Crippen LogP contribution in [0.15, 0.2) is 59.5 Å². The van der Waals surface area contributed by atoms with Gasteiger partial charge in [-0.25, -0.2) is 17.9 Å². The van der Waals surface area contributed by atoms with E-state index in [1.54, 1.807) is 12.1 Å². The van der Waals surface area contributed by atoms with Gasteiger partial charge in [0.1, 0.15) is 0 Å². The minimum Gasteiger partial charge on any atom is -0.325 e. The fraction of sp³-hybridized carbons (Fsp3) is 0.435. The fourth-order valence-corrected chi connectivity index (χ4v) is 4.89. The maximum absolute atomic E-state index is 12.7. The van der Waals surface area contributed by atoms with Crippen molar-refractivity contribution in [2.24, 2.45) is 0 Å². The average molecular weight is 430 g/mol. The van der Waals surface area contributed by atoms with Gasteiger partial charge in [-0.15, -0.1) is 0 Å². The molecule has 2 amide bonds. The first kappa shape index (κ1) is 22.3. The van der Waals surface area contributed by atoms with Crippen molar-refractivity contribution in [3.05, 3.63) is 60.2 Å². The summed E-state index contributed by atoms with van der Waals surface area (Å²) in [7, 11) is -3.61. The van der Waals surface area contributed by atoms with Crippen molar-refractivity contribution in [3.8, 4) is 0 Å². The van der Waals surface area contributed by atoms with Gasteiger partial charge in [0.2, 0.25) is 10.0 Å². The lowest BCUT2D eigenvalue weighted by Crippen LogP contribution is -2.35. The minimum atomic E-state index is -3.61. The van der Waals surface area contributed by atoms with E-state index in [9.17, 15) is 13.2 Å². The highest BCUT2D eigenvalue weighted by Gasteiger charge is 2.19. The third-order valence-corrected chi connectivity index (χ3v) is 6.98. The molecule has 1 aliphatic heterocycles. The molecule has 0 unspecified atom stereocenters. The predicted molar refractivity (Wildman–Crippen MR) is 120 cm³/mol. The van der Waals surface area contributed by atoms with E-state index < -0.39 is 10.0 Å². The number of urea groups is 1. The van der Waals surface area contributed by atoms with Gasteiger partial charge in [0.05, 0.1) is 4.90 Å². The van der Waals surface area contributed by atoms with E-state index in [2.05, 4.69) is 10.0 Å². The van der Waals surface area contributed by atoms with Gasteiger partial charge in [-0.1, -0.05) is 43.2 Å². The molecular weight excluding hydrogens is 398 g/mol. The molecule has 1 heterocycles. The van der Waals surface area contributed by atoms with Crippen LogP contribution >= 0.6 is 0 Å². The summed E-state index contributed by atoms with van der Waals surface area (Å²) in [5, 5.41) is 2.87. The third kappa shape index (κ3) is 6.57. The molecule has 1 fully saturated rings. The fourth-order valence-electron chi connectivity index (χ4n) is 3.61. The number of nitrogens with zero attached hydrogens (tertiary/aromatic N) is 1. The van der Waals surface area contributed by atoms with Crippen LogP contribution in [0.4, 0.5) is 10.5 Å². The van der Waals surface area contributed by atoms with Crippen LogP contribution in [-0.4, -0.2) is 38.5 Å². The number of hydrogen-bond donors (Lipinski definition) is 2. The molecule has 0 aromatic heterocycles. The molecule has 0 spiro atoms. The Labute approximate surface area is 179 Å². The number of aryl methyl sites for hydroxylation is 1. The molecule has 162 valence electrons. The van der Waals surface area contributed by atoms with Gasteiger partial charge in [0.15, 0.2) is 0 Å². The summed E-state index contributed by atoms with van der Waals surface area (Å²) in [6.45, 7) is 3.41. The van der Waals surface area contributed by atoms with E-state index in [-0.39, 0.29) is 17.0 Å². The number of hydrogen-bond acceptors (Lipinski definition) is 3. The highest BCUT2D eigenvalue weighted by Crippen LogP contribution is 2.17. The van der Waals surface area contributed by atoms with Crippen LogP contribution in [0.1, 0.15) is 44.6 Å². The second-order valence-corrected chi connectivity index (χ2v) is 9.62. The van der Waals surface area contributed by atoms with E-state index >= 15 is 0 Å². The number of anilines is 1. The van der Waals surface area contributed by atoms with Gasteiger partial charge in [-0.05, 0) is 62.4 Å². The minimum absolute atomic E-state index is 0.125. The maximum atomic E-state index is 12.7. The largest absolute Gasteiger partial charge is 0.325 e. The van der Waals surface area contributed by atoms with Crippen LogP contribution in [-0.2, 0) is 16.4 Å². The van der Waals surface area contributed by atoms with Gasteiger partial charge < -0.3 is 10.2 Å². The van der Waals surface area contributed by atoms with Gasteiger partial charge >= 0.3 is 6.03 Å². The SMILES string of the molecule is C[C@H](CCc1ccccc1)NS(=O)(=O)c1ccc(NC(=O)N2CCCCCC2)cc1. The van der Waals surface area contributed by atoms with Gasteiger partial charge in [0.25, 0.3) is 0 Å². The zero-order chi connectivity index (χ0) is 21.4. The number of benzene rings is 2. The maximum Gasteiger partial charge on any atom is 0.321 e. The van der Waals surface area contributed by atoms with E-state index in [1.165, 1.54) is 17.7 Å². The van der Waals surface area contributed by atoms with Crippen molar-refractivity contribution in [3.63, 3.8) is 0 Å². The molecule has 7 heteroatoms. The Morgan fingerprint density at radius 2 is 1.60 bits per heavy atom. The molecule has 1 atom stereocenters. The molecule has 0 radical (unpaired) electrons. The van der Waals surface area contributed by atoms with Crippen LogP contribution in [0, 0.1) is 0 Å². The highest BCUT2D eigenvalue weighted by molar-refractivity contribution is 7.89. The summed E-state index contributed by atoms with van der Waals surface area (Å²) in [5.74, 6) is 0. The molecule has 1 aliphatic rings. The molecule has 6 nitrogen and oxygen atoms in total. The summed E-state index contributed by atoms with van der Waals surface area (Å²) in [6, 6.07) is 16.1. The van der Waals surface area contributed by atoms with Gasteiger partial charge in [-0.3, -0.25) is 0 Å². The third-order valence-electron chi connectivity index (χ3n) is 5.37. The normalized spacial score (nSPS) is 16.0. The van der Waals surface area contributed by atoms with Crippen LogP contribution in [0.2, 0.25) is 0 Å². The number of rotatable bonds is 7. The Balaban J connectivity index is 1.54. The first-order chi connectivity index (χ1) is 14.4. The number of sulfonamides is 1. The molecule has 3 rings (SSSR count). The molecule has 2 aromatic carbocycles. The van der Waals surface area contributed by atoms with Crippen LogP contribution < -0.4 is 10.0 Å². The average Bonchev–Trinajstić information content (AvgIpc) is 3.03. The standard InChI is InChI=1S/C23H31N3O3S/c1-19(11-12-20-9-5-4-6-10-20)25-30(28,29)22-15-13-21(14-16-22)24-23(27)26-17-7-2-3-8-18-26/h4-6,9-10,13-16,19,25H,2-3,7-8,11-12,17-18H2,1H3,(H,24,27)/t19-/m1/s1. The molecule has 0 bridgehead atoms. The van der Waals surface area contributed by atoms with Crippen molar-refractivity contribution in [1.82, 2.24) is 9.62 Å². The van der Waals surface area contributed by atoms with Crippen molar-refractivity contribution in [2.45, 2.75) is 56.4 Å². The lowest BCUT2D eigenvalue weighted by molar-refractivity contribution is 0.214. The lowest BCUT2D eigenvalue weighted by atomic mass is 10.1. The summed E-state index contributed by atoms with van der Waals surface area (Å²) >= 11 is 0. The molecule has 0 aliphatic carbocycles. The molecule has 30 heavy (non-hydrogen) atoms. The summed E-state index contributed by atoms with van der Waals surface area (Å²) < 4.78 is 28.1. The topological polar surface area (TPSA) is 78.5 Å². The smallest absolute Gasteiger partial charge is 0.321 e. The van der Waals surface area contributed by atoms with Crippen molar-refractivity contribution in [1.29, 1.82) is 0 Å². The van der Waals surface area contributed by atoms with E-state index in [0.717, 1.165) is 45.2 Å². The van der Waals surface area contributed by atoms with Crippen LogP contribution in [0.25, 0.3) is 0 Å². The summed E-state index contributed by atoms with van der Waals surface area (Å²) in [5.41, 5.74) is 1.79. The first-order valence-electron chi connectivity index (χ1n) is 10.7. The lowest BCUT2D eigenvalue weighted by Gasteiger charge is -2.21. The summed E-state index contributed by atoms with van der Waals surface area (Å²) in [6.07, 6.45) is 5.90. The molecular formula is C23H31N3O3S. The second-order valence-electron chi connectivity index (χ2n) is 7.90. The van der Waals surface area contributed by atoms with Crippen molar-refractivity contribution >= 4 is 21.7 Å². The molecule has 2 aromatic rings. The molecule has 0 saturated carbocycles. The van der Waals surface area contributed by atoms with Crippen molar-refractivity contribution < 1.29 is 13.2 Å². The van der Waals surface area contributed by atoms with Crippen molar-refractivity contribution in [2.75, 3.05) is 18.4 Å². The second kappa shape index (κ2) is 10.6. The Hall–Kier alpha value is -2.38. The monoisotopic (exact) mass is 429 g/mol. The van der Waals surface area contributed by atoms with E-state index in [1.807, 2.05) is 42.2 Å². The van der Waals surface area contributed by atoms with E-state index in [4.69, 9.17) is 0 Å². The Kier molecular flexibility index (Phi) is 7.87. The van der Waals surface area contributed by atoms with E-state index in [0.29, 0.717) is 12.1 Å². The molecule has 2 N–H and O–H groups in total. The number of carbonyl (C=O) groups excluding carboxylic acids is 1. The van der Waals surface area contributed by atoms with Crippen LogP contribution in [0.5, 0.6) is 0 Å². The number of amides is 2. The quantitative estimate of drug-likeness (QED) is 0.685. The Morgan fingerprint density at radius 1 is 0.967 bits per heavy atom. The zero-order valence-electron chi connectivity index (χ0n) is 17.5. The number of nitrogens with one attached hydrogen (secondary N) is 2. The zero-order valence-corrected chi connectivity index (χ0v) is 18.3.